The van der Waals surface area contributed by atoms with Crippen LogP contribution in [0.25, 0.3) is 0 Å². The van der Waals surface area contributed by atoms with Crippen molar-refractivity contribution in [3.63, 3.8) is 0 Å². The van der Waals surface area contributed by atoms with Crippen LogP contribution < -0.4 is 4.90 Å². The number of carbonyl (C=O) groups is 1. The van der Waals surface area contributed by atoms with Gasteiger partial charge in [-0.3, -0.25) is 4.79 Å². The molecular formula is C20H24N2O3. The highest BCUT2D eigenvalue weighted by Gasteiger charge is 2.30. The summed E-state index contributed by atoms with van der Waals surface area (Å²) in [5.74, 6) is 0.208. The number of nitrogens with zero attached hydrogens (tertiary/aromatic N) is 2. The minimum atomic E-state index is -1.17. The van der Waals surface area contributed by atoms with E-state index >= 15 is 0 Å². The smallest absolute Gasteiger partial charge is 0.225 e. The monoisotopic (exact) mass is 340 g/mol. The number of phenols is 1. The lowest BCUT2D eigenvalue weighted by molar-refractivity contribution is -0.136. The molecule has 1 heterocycles. The van der Waals surface area contributed by atoms with Gasteiger partial charge in [0.1, 0.15) is 5.75 Å². The lowest BCUT2D eigenvalue weighted by Crippen LogP contribution is -2.50. The molecule has 132 valence electrons. The quantitative estimate of drug-likeness (QED) is 0.897. The fourth-order valence-electron chi connectivity index (χ4n) is 3.23. The second-order valence-corrected chi connectivity index (χ2v) is 6.67. The molecular weight excluding hydrogens is 316 g/mol. The molecule has 2 aromatic rings. The van der Waals surface area contributed by atoms with Crippen molar-refractivity contribution in [3.8, 4) is 5.75 Å². The highest BCUT2D eigenvalue weighted by molar-refractivity contribution is 5.78. The SMILES string of the molecule is C[C@](O)(CC(=O)N1CCN(c2ccccc2O)CC1)c1ccccc1. The van der Waals surface area contributed by atoms with E-state index in [0.29, 0.717) is 26.2 Å². The molecule has 1 aliphatic heterocycles. The second kappa shape index (κ2) is 7.15. The Balaban J connectivity index is 1.59. The van der Waals surface area contributed by atoms with Gasteiger partial charge in [-0.25, -0.2) is 0 Å². The minimum Gasteiger partial charge on any atom is -0.506 e. The third kappa shape index (κ3) is 3.94. The van der Waals surface area contributed by atoms with Crippen molar-refractivity contribution in [2.24, 2.45) is 0 Å². The van der Waals surface area contributed by atoms with Gasteiger partial charge in [-0.15, -0.1) is 0 Å². The Bertz CT molecular complexity index is 723. The van der Waals surface area contributed by atoms with E-state index in [1.165, 1.54) is 0 Å². The molecule has 0 spiro atoms. The zero-order valence-corrected chi connectivity index (χ0v) is 14.4. The summed E-state index contributed by atoms with van der Waals surface area (Å²) in [5, 5.41) is 20.6. The molecule has 0 aliphatic carbocycles. The van der Waals surface area contributed by atoms with E-state index in [9.17, 15) is 15.0 Å². The van der Waals surface area contributed by atoms with E-state index in [-0.39, 0.29) is 18.1 Å². The summed E-state index contributed by atoms with van der Waals surface area (Å²) in [6.07, 6.45) is 0.0631. The Morgan fingerprint density at radius 1 is 1.00 bits per heavy atom. The van der Waals surface area contributed by atoms with Crippen LogP contribution in [0.4, 0.5) is 5.69 Å². The van der Waals surface area contributed by atoms with Crippen molar-refractivity contribution in [1.29, 1.82) is 0 Å². The van der Waals surface area contributed by atoms with Crippen LogP contribution in [0.3, 0.4) is 0 Å². The second-order valence-electron chi connectivity index (χ2n) is 6.67. The van der Waals surface area contributed by atoms with Crippen molar-refractivity contribution in [2.45, 2.75) is 18.9 Å². The van der Waals surface area contributed by atoms with E-state index in [4.69, 9.17) is 0 Å². The molecule has 1 fully saturated rings. The summed E-state index contributed by atoms with van der Waals surface area (Å²) in [7, 11) is 0. The van der Waals surface area contributed by atoms with Crippen molar-refractivity contribution in [1.82, 2.24) is 4.90 Å². The van der Waals surface area contributed by atoms with Crippen LogP contribution >= 0.6 is 0 Å². The summed E-state index contributed by atoms with van der Waals surface area (Å²) in [6, 6.07) is 16.5. The van der Waals surface area contributed by atoms with E-state index in [1.54, 1.807) is 24.0 Å². The summed E-state index contributed by atoms with van der Waals surface area (Å²) >= 11 is 0. The molecule has 1 saturated heterocycles. The molecule has 1 amide bonds. The largest absolute Gasteiger partial charge is 0.506 e. The summed E-state index contributed by atoms with van der Waals surface area (Å²) in [4.78, 5) is 16.5. The Morgan fingerprint density at radius 2 is 1.60 bits per heavy atom. The van der Waals surface area contributed by atoms with Gasteiger partial charge < -0.3 is 20.0 Å². The lowest BCUT2D eigenvalue weighted by Gasteiger charge is -2.37. The van der Waals surface area contributed by atoms with Gasteiger partial charge in [0.05, 0.1) is 17.7 Å². The molecule has 0 radical (unpaired) electrons. The van der Waals surface area contributed by atoms with Gasteiger partial charge in [0.15, 0.2) is 0 Å². The maximum Gasteiger partial charge on any atom is 0.225 e. The zero-order chi connectivity index (χ0) is 17.9. The fraction of sp³-hybridized carbons (Fsp3) is 0.350. The van der Waals surface area contributed by atoms with Gasteiger partial charge in [-0.1, -0.05) is 42.5 Å². The van der Waals surface area contributed by atoms with E-state index in [2.05, 4.69) is 4.90 Å². The van der Waals surface area contributed by atoms with Crippen LogP contribution in [0.5, 0.6) is 5.75 Å². The maximum atomic E-state index is 12.6. The number of hydrogen-bond donors (Lipinski definition) is 2. The van der Waals surface area contributed by atoms with Gasteiger partial charge in [0, 0.05) is 26.2 Å². The Labute approximate surface area is 148 Å². The third-order valence-corrected chi connectivity index (χ3v) is 4.75. The van der Waals surface area contributed by atoms with Crippen molar-refractivity contribution in [2.75, 3.05) is 31.1 Å². The molecule has 0 bridgehead atoms. The molecule has 1 aliphatic rings. The number of rotatable bonds is 4. The first-order chi connectivity index (χ1) is 12.0. The first-order valence-electron chi connectivity index (χ1n) is 8.56. The normalized spacial score (nSPS) is 17.2. The van der Waals surface area contributed by atoms with Gasteiger partial charge in [-0.2, -0.15) is 0 Å². The van der Waals surface area contributed by atoms with Crippen LogP contribution in [0, 0.1) is 0 Å². The first-order valence-corrected chi connectivity index (χ1v) is 8.56. The maximum absolute atomic E-state index is 12.6. The fourth-order valence-corrected chi connectivity index (χ4v) is 3.23. The lowest BCUT2D eigenvalue weighted by atomic mass is 9.92. The van der Waals surface area contributed by atoms with Crippen molar-refractivity contribution < 1.29 is 15.0 Å². The van der Waals surface area contributed by atoms with Gasteiger partial charge in [0.2, 0.25) is 5.91 Å². The average molecular weight is 340 g/mol. The van der Waals surface area contributed by atoms with Crippen LogP contribution in [0.2, 0.25) is 0 Å². The number of piperazine rings is 1. The van der Waals surface area contributed by atoms with Gasteiger partial charge in [-0.05, 0) is 24.6 Å². The summed E-state index contributed by atoms with van der Waals surface area (Å²) in [5.41, 5.74) is 0.370. The topological polar surface area (TPSA) is 64.0 Å². The van der Waals surface area contributed by atoms with Crippen molar-refractivity contribution >= 4 is 11.6 Å². The summed E-state index contributed by atoms with van der Waals surface area (Å²) in [6.45, 7) is 4.17. The van der Waals surface area contributed by atoms with E-state index < -0.39 is 5.60 Å². The number of aliphatic hydroxyl groups is 1. The van der Waals surface area contributed by atoms with Gasteiger partial charge in [0.25, 0.3) is 0 Å². The van der Waals surface area contributed by atoms with E-state index in [0.717, 1.165) is 11.3 Å². The molecule has 2 aromatic carbocycles. The van der Waals surface area contributed by atoms with Crippen LogP contribution in [0.1, 0.15) is 18.9 Å². The number of anilines is 1. The first kappa shape index (κ1) is 17.3. The molecule has 5 heteroatoms. The number of amides is 1. The van der Waals surface area contributed by atoms with Crippen LogP contribution in [-0.2, 0) is 10.4 Å². The molecule has 0 aromatic heterocycles. The average Bonchev–Trinajstić information content (AvgIpc) is 2.63. The van der Waals surface area contributed by atoms with E-state index in [1.807, 2.05) is 42.5 Å². The Kier molecular flexibility index (Phi) is 4.95. The summed E-state index contributed by atoms with van der Waals surface area (Å²) < 4.78 is 0. The number of carbonyl (C=O) groups excluding carboxylic acids is 1. The zero-order valence-electron chi connectivity index (χ0n) is 14.4. The molecule has 2 N–H and O–H groups in total. The highest BCUT2D eigenvalue weighted by atomic mass is 16.3. The number of hydrogen-bond acceptors (Lipinski definition) is 4. The number of aromatic hydroxyl groups is 1. The Hall–Kier alpha value is -2.53. The number of para-hydroxylation sites is 2. The molecule has 3 rings (SSSR count). The van der Waals surface area contributed by atoms with Crippen molar-refractivity contribution in [3.05, 3.63) is 60.2 Å². The predicted molar refractivity (Wildman–Crippen MR) is 97.5 cm³/mol. The number of benzene rings is 2. The third-order valence-electron chi connectivity index (χ3n) is 4.75. The van der Waals surface area contributed by atoms with Crippen LogP contribution in [-0.4, -0.2) is 47.2 Å². The molecule has 1 atom stereocenters. The predicted octanol–water partition coefficient (Wildman–Crippen LogP) is 2.34. The minimum absolute atomic E-state index is 0.0502. The van der Waals surface area contributed by atoms with Crippen LogP contribution in [0.15, 0.2) is 54.6 Å². The highest BCUT2D eigenvalue weighted by Crippen LogP contribution is 2.28. The Morgan fingerprint density at radius 3 is 2.24 bits per heavy atom. The van der Waals surface area contributed by atoms with Gasteiger partial charge >= 0.3 is 0 Å². The molecule has 0 saturated carbocycles. The number of phenolic OH excluding ortho intramolecular Hbond substituents is 1. The molecule has 5 nitrogen and oxygen atoms in total. The molecule has 0 unspecified atom stereocenters. The standard InChI is InChI=1S/C20H24N2O3/c1-20(25,16-7-3-2-4-8-16)15-19(24)22-13-11-21(12-14-22)17-9-5-6-10-18(17)23/h2-10,23,25H,11-15H2,1H3/t20-/m0/s1. The molecule has 25 heavy (non-hydrogen) atoms.